The number of pyridine rings is 1. The number of nitrogens with one attached hydrogen (secondary N) is 1. The molecule has 2 aromatic carbocycles. The van der Waals surface area contributed by atoms with Crippen LogP contribution in [0.1, 0.15) is 28.5 Å². The molecule has 0 bridgehead atoms. The van der Waals surface area contributed by atoms with Gasteiger partial charge in [-0.1, -0.05) is 12.1 Å². The van der Waals surface area contributed by atoms with E-state index in [1.165, 1.54) is 12.1 Å². The number of anilines is 2. The molecule has 1 aliphatic rings. The van der Waals surface area contributed by atoms with Crippen molar-refractivity contribution >= 4 is 22.8 Å². The Kier molecular flexibility index (Phi) is 7.46. The Labute approximate surface area is 229 Å². The second-order valence-electron chi connectivity index (χ2n) is 9.74. The van der Waals surface area contributed by atoms with Crippen LogP contribution in [0.25, 0.3) is 5.52 Å². The van der Waals surface area contributed by atoms with Gasteiger partial charge < -0.3 is 24.6 Å². The summed E-state index contributed by atoms with van der Waals surface area (Å²) >= 11 is 0. The lowest BCUT2D eigenvalue weighted by atomic mass is 10.1. The van der Waals surface area contributed by atoms with Crippen molar-refractivity contribution < 1.29 is 27.4 Å². The van der Waals surface area contributed by atoms with E-state index >= 15 is 0 Å². The van der Waals surface area contributed by atoms with Gasteiger partial charge in [0.25, 0.3) is 5.91 Å². The van der Waals surface area contributed by atoms with Gasteiger partial charge in [-0.05, 0) is 61.9 Å². The molecule has 1 amide bonds. The number of alkyl halides is 3. The second kappa shape index (κ2) is 11.0. The highest BCUT2D eigenvalue weighted by molar-refractivity contribution is 6.02. The number of methoxy groups -OCH3 is 1. The van der Waals surface area contributed by atoms with Crippen LogP contribution in [0.2, 0.25) is 0 Å². The zero-order valence-corrected chi connectivity index (χ0v) is 22.4. The largest absolute Gasteiger partial charge is 0.573 e. The molecule has 0 saturated carbocycles. The van der Waals surface area contributed by atoms with Crippen LogP contribution in [0, 0.1) is 6.92 Å². The number of carbonyl (C=O) groups excluding carboxylic acids is 1. The number of fused-ring (bicyclic) bond motifs is 1. The van der Waals surface area contributed by atoms with Crippen molar-refractivity contribution in [3.63, 3.8) is 0 Å². The van der Waals surface area contributed by atoms with E-state index < -0.39 is 6.36 Å². The summed E-state index contributed by atoms with van der Waals surface area (Å²) in [6.07, 6.45) is -2.94. The van der Waals surface area contributed by atoms with Crippen molar-refractivity contribution in [1.29, 1.82) is 0 Å². The summed E-state index contributed by atoms with van der Waals surface area (Å²) in [6.45, 7) is 6.52. The minimum atomic E-state index is -4.70. The Morgan fingerprint density at radius 3 is 2.38 bits per heavy atom. The molecule has 11 heteroatoms. The molecular formula is C29H30F3N5O3. The molecule has 8 nitrogen and oxygen atoms in total. The number of aryl methyl sites for hydroxylation is 1. The highest BCUT2D eigenvalue weighted by Gasteiger charge is 2.31. The van der Waals surface area contributed by atoms with E-state index in [1.807, 2.05) is 24.3 Å². The number of nitrogens with zero attached hydrogens (tertiary/aromatic N) is 4. The van der Waals surface area contributed by atoms with Gasteiger partial charge in [-0.2, -0.15) is 5.10 Å². The molecule has 0 radical (unpaired) electrons. The smallest absolute Gasteiger partial charge is 0.497 e. The van der Waals surface area contributed by atoms with E-state index in [1.54, 1.807) is 49.0 Å². The number of amides is 1. The summed E-state index contributed by atoms with van der Waals surface area (Å²) in [5.41, 5.74) is 4.73. The third-order valence-corrected chi connectivity index (χ3v) is 7.03. The molecule has 40 heavy (non-hydrogen) atoms. The Hall–Kier alpha value is -4.41. The SMILES string of the molecule is COc1ccn2nc(C)c(C(=O)NCc3ccc(N4CCN(c5ccc(OC(F)(F)F)cc5)[C@@H](C)C4)cc3)c2c1. The van der Waals surface area contributed by atoms with Gasteiger partial charge in [-0.25, -0.2) is 4.52 Å². The van der Waals surface area contributed by atoms with Gasteiger partial charge >= 0.3 is 6.36 Å². The fourth-order valence-electron chi connectivity index (χ4n) is 5.06. The summed E-state index contributed by atoms with van der Waals surface area (Å²) in [6, 6.07) is 17.8. The van der Waals surface area contributed by atoms with E-state index in [2.05, 4.69) is 31.9 Å². The van der Waals surface area contributed by atoms with Crippen molar-refractivity contribution in [1.82, 2.24) is 14.9 Å². The average Bonchev–Trinajstić information content (AvgIpc) is 3.26. The van der Waals surface area contributed by atoms with Crippen LogP contribution >= 0.6 is 0 Å². The number of halogens is 3. The molecule has 0 unspecified atom stereocenters. The van der Waals surface area contributed by atoms with Crippen molar-refractivity contribution in [2.45, 2.75) is 32.8 Å². The third-order valence-electron chi connectivity index (χ3n) is 7.03. The summed E-state index contributed by atoms with van der Waals surface area (Å²) in [7, 11) is 1.58. The van der Waals surface area contributed by atoms with Crippen LogP contribution < -0.4 is 24.6 Å². The summed E-state index contributed by atoms with van der Waals surface area (Å²) < 4.78 is 48.3. The topological polar surface area (TPSA) is 71.3 Å². The summed E-state index contributed by atoms with van der Waals surface area (Å²) in [5.74, 6) is 0.223. The van der Waals surface area contributed by atoms with Crippen molar-refractivity contribution in [2.75, 3.05) is 36.5 Å². The molecule has 0 aliphatic carbocycles. The van der Waals surface area contributed by atoms with Gasteiger partial charge in [0.05, 0.1) is 23.9 Å². The molecule has 5 rings (SSSR count). The number of ether oxygens (including phenoxy) is 2. The quantitative estimate of drug-likeness (QED) is 0.340. The molecule has 0 spiro atoms. The lowest BCUT2D eigenvalue weighted by Crippen LogP contribution is -2.52. The molecular weight excluding hydrogens is 523 g/mol. The number of aromatic nitrogens is 2. The monoisotopic (exact) mass is 553 g/mol. The number of carbonyl (C=O) groups is 1. The van der Waals surface area contributed by atoms with E-state index in [4.69, 9.17) is 4.74 Å². The minimum absolute atomic E-state index is 0.148. The second-order valence-corrected chi connectivity index (χ2v) is 9.74. The maximum atomic E-state index is 13.0. The van der Waals surface area contributed by atoms with E-state index in [-0.39, 0.29) is 17.7 Å². The van der Waals surface area contributed by atoms with Crippen LogP contribution in [0.5, 0.6) is 11.5 Å². The molecule has 3 heterocycles. The summed E-state index contributed by atoms with van der Waals surface area (Å²) in [5, 5.41) is 7.41. The third kappa shape index (κ3) is 5.93. The molecule has 1 saturated heterocycles. The standard InChI is InChI=1S/C29H30F3N5O3/c1-19-18-35(14-15-36(19)23-8-10-24(11-9-23)40-29(30,31)32)22-6-4-21(5-7-22)17-33-28(38)27-20(2)34-37-13-12-25(39-3)16-26(27)37/h4-13,16,19H,14-15,17-18H2,1-3H3,(H,33,38)/t19-/m0/s1. The first-order valence-electron chi connectivity index (χ1n) is 12.9. The predicted molar refractivity (Wildman–Crippen MR) is 146 cm³/mol. The first kappa shape index (κ1) is 27.2. The van der Waals surface area contributed by atoms with Crippen molar-refractivity contribution in [3.8, 4) is 11.5 Å². The molecule has 1 N–H and O–H groups in total. The first-order chi connectivity index (χ1) is 19.1. The molecule has 2 aromatic heterocycles. The van der Waals surface area contributed by atoms with E-state index in [9.17, 15) is 18.0 Å². The number of benzene rings is 2. The van der Waals surface area contributed by atoms with Crippen LogP contribution in [-0.2, 0) is 6.54 Å². The molecule has 4 aromatic rings. The van der Waals surface area contributed by atoms with Crippen molar-refractivity contribution in [2.24, 2.45) is 0 Å². The van der Waals surface area contributed by atoms with Gasteiger partial charge in [-0.15, -0.1) is 13.2 Å². The van der Waals surface area contributed by atoms with Crippen molar-refractivity contribution in [3.05, 3.63) is 83.7 Å². The maximum absolute atomic E-state index is 13.0. The Morgan fingerprint density at radius 2 is 1.73 bits per heavy atom. The Bertz CT molecular complexity index is 1490. The lowest BCUT2D eigenvalue weighted by molar-refractivity contribution is -0.274. The Balaban J connectivity index is 1.18. The predicted octanol–water partition coefficient (Wildman–Crippen LogP) is 5.20. The van der Waals surface area contributed by atoms with E-state index in [0.29, 0.717) is 29.1 Å². The van der Waals surface area contributed by atoms with Crippen LogP contribution in [0.3, 0.4) is 0 Å². The van der Waals surface area contributed by atoms with Crippen LogP contribution in [0.4, 0.5) is 24.5 Å². The van der Waals surface area contributed by atoms with Gasteiger partial charge in [0.2, 0.25) is 0 Å². The zero-order valence-electron chi connectivity index (χ0n) is 22.4. The number of hydrogen-bond donors (Lipinski definition) is 1. The number of rotatable bonds is 7. The molecule has 1 atom stereocenters. The number of piperazine rings is 1. The first-order valence-corrected chi connectivity index (χ1v) is 12.9. The maximum Gasteiger partial charge on any atom is 0.573 e. The average molecular weight is 554 g/mol. The van der Waals surface area contributed by atoms with E-state index in [0.717, 1.165) is 36.6 Å². The molecule has 1 fully saturated rings. The summed E-state index contributed by atoms with van der Waals surface area (Å²) in [4.78, 5) is 17.5. The number of hydrogen-bond acceptors (Lipinski definition) is 6. The van der Waals surface area contributed by atoms with Gasteiger partial charge in [0, 0.05) is 55.9 Å². The van der Waals surface area contributed by atoms with Gasteiger partial charge in [0.15, 0.2) is 0 Å². The fraction of sp³-hybridized carbons (Fsp3) is 0.310. The molecule has 210 valence electrons. The normalized spacial score (nSPS) is 15.8. The van der Waals surface area contributed by atoms with Gasteiger partial charge in [-0.3, -0.25) is 4.79 Å². The molecule has 1 aliphatic heterocycles. The van der Waals surface area contributed by atoms with Crippen LogP contribution in [0.15, 0.2) is 66.9 Å². The minimum Gasteiger partial charge on any atom is -0.497 e. The van der Waals surface area contributed by atoms with Gasteiger partial charge in [0.1, 0.15) is 11.5 Å². The highest BCUT2D eigenvalue weighted by Crippen LogP contribution is 2.28. The fourth-order valence-corrected chi connectivity index (χ4v) is 5.06. The Morgan fingerprint density at radius 1 is 1.02 bits per heavy atom. The van der Waals surface area contributed by atoms with Crippen LogP contribution in [-0.4, -0.2) is 54.7 Å². The lowest BCUT2D eigenvalue weighted by Gasteiger charge is -2.42. The zero-order chi connectivity index (χ0) is 28.4. The highest BCUT2D eigenvalue weighted by atomic mass is 19.4.